The fourth-order valence-corrected chi connectivity index (χ4v) is 5.16. The van der Waals surface area contributed by atoms with Gasteiger partial charge in [0.25, 0.3) is 0 Å². The SMILES string of the molecule is C=CC1CN2CC[C@@H]1CC2C(O)c1ccnc2ccc(OC)cc12.O=C(O)CC(O)(CC(=O)O)C(=O)O. The number of aliphatic carboxylic acids is 3. The van der Waals surface area contributed by atoms with E-state index >= 15 is 0 Å². The summed E-state index contributed by atoms with van der Waals surface area (Å²) >= 11 is 0. The van der Waals surface area contributed by atoms with Crippen LogP contribution in [0.2, 0.25) is 0 Å². The number of aliphatic hydroxyl groups is 2. The highest BCUT2D eigenvalue weighted by molar-refractivity contribution is 5.88. The molecular formula is C26H32N2O9. The second-order valence-electron chi connectivity index (χ2n) is 9.45. The van der Waals surface area contributed by atoms with E-state index in [2.05, 4.69) is 22.5 Å². The van der Waals surface area contributed by atoms with Crippen molar-refractivity contribution in [2.45, 2.75) is 43.4 Å². The number of hydrogen-bond donors (Lipinski definition) is 5. The zero-order valence-corrected chi connectivity index (χ0v) is 20.5. The molecule has 11 heteroatoms. The van der Waals surface area contributed by atoms with Gasteiger partial charge in [0, 0.05) is 24.2 Å². The molecule has 1 aromatic carbocycles. The average Bonchev–Trinajstić information content (AvgIpc) is 2.87. The zero-order valence-electron chi connectivity index (χ0n) is 20.5. The lowest BCUT2D eigenvalue weighted by atomic mass is 9.73. The number of rotatable bonds is 9. The number of aromatic nitrogens is 1. The van der Waals surface area contributed by atoms with Crippen LogP contribution in [0.5, 0.6) is 5.75 Å². The number of pyridine rings is 1. The molecule has 3 aliphatic rings. The number of hydrogen-bond acceptors (Lipinski definition) is 8. The normalized spacial score (nSPS) is 23.4. The third kappa shape index (κ3) is 6.43. The smallest absolute Gasteiger partial charge is 0.336 e. The second kappa shape index (κ2) is 11.7. The van der Waals surface area contributed by atoms with Crippen molar-refractivity contribution >= 4 is 28.8 Å². The first-order chi connectivity index (χ1) is 17.5. The Morgan fingerprint density at radius 3 is 2.41 bits per heavy atom. The molecule has 200 valence electrons. The predicted molar refractivity (Wildman–Crippen MR) is 132 cm³/mol. The summed E-state index contributed by atoms with van der Waals surface area (Å²) in [6, 6.07) is 7.96. The summed E-state index contributed by atoms with van der Waals surface area (Å²) in [7, 11) is 1.66. The highest BCUT2D eigenvalue weighted by Crippen LogP contribution is 2.42. The lowest BCUT2D eigenvalue weighted by Crippen LogP contribution is -2.54. The Kier molecular flexibility index (Phi) is 8.85. The summed E-state index contributed by atoms with van der Waals surface area (Å²) in [6.45, 7) is 6.07. The van der Waals surface area contributed by atoms with Gasteiger partial charge in [-0.3, -0.25) is 19.5 Å². The maximum atomic E-state index is 11.2. The molecule has 5 atom stereocenters. The number of carboxylic acids is 3. The third-order valence-corrected chi connectivity index (χ3v) is 7.10. The Hall–Kier alpha value is -3.54. The van der Waals surface area contributed by atoms with Crippen LogP contribution in [0, 0.1) is 11.8 Å². The number of aliphatic hydroxyl groups excluding tert-OH is 1. The number of fused-ring (bicyclic) bond motifs is 4. The van der Waals surface area contributed by atoms with Crippen LogP contribution < -0.4 is 4.74 Å². The molecule has 2 aromatic rings. The topological polar surface area (TPSA) is 178 Å². The molecule has 0 amide bonds. The van der Waals surface area contributed by atoms with Crippen LogP contribution in [-0.4, -0.2) is 85.2 Å². The van der Waals surface area contributed by atoms with Crippen molar-refractivity contribution in [3.8, 4) is 5.75 Å². The molecule has 3 aliphatic heterocycles. The molecule has 3 fully saturated rings. The van der Waals surface area contributed by atoms with E-state index in [4.69, 9.17) is 25.2 Å². The summed E-state index contributed by atoms with van der Waals surface area (Å²) in [5.41, 5.74) is -0.892. The summed E-state index contributed by atoms with van der Waals surface area (Å²) in [4.78, 5) is 37.3. The van der Waals surface area contributed by atoms with Crippen LogP contribution in [0.1, 0.15) is 37.4 Å². The molecule has 0 saturated carbocycles. The number of benzene rings is 1. The number of ether oxygens (including phenoxy) is 1. The van der Waals surface area contributed by atoms with Crippen LogP contribution in [0.4, 0.5) is 0 Å². The Morgan fingerprint density at radius 2 is 1.89 bits per heavy atom. The van der Waals surface area contributed by atoms with E-state index in [1.54, 1.807) is 13.3 Å². The van der Waals surface area contributed by atoms with Crippen molar-refractivity contribution in [3.63, 3.8) is 0 Å². The standard InChI is InChI=1S/C20H24N2O2.C6H8O7/c1-3-13-12-22-9-7-14(13)10-19(22)20(23)16-6-8-21-18-5-4-15(24-2)11-17(16)18;7-3(8)1-6(13,5(11)12)2-4(9)10/h3-6,8,11,13-14,19-20,23H,1,7,9-10,12H2,2H3;13H,1-2H2,(H,7,8)(H,9,10)(H,11,12)/t13?,14-,19?,20?;/m1./s1. The lowest BCUT2D eigenvalue weighted by Gasteiger charge is -2.50. The van der Waals surface area contributed by atoms with Crippen LogP contribution in [0.15, 0.2) is 43.1 Å². The fraction of sp³-hybridized carbons (Fsp3) is 0.462. The van der Waals surface area contributed by atoms with E-state index in [0.29, 0.717) is 11.8 Å². The third-order valence-electron chi connectivity index (χ3n) is 7.10. The van der Waals surface area contributed by atoms with E-state index in [1.807, 2.05) is 24.3 Å². The van der Waals surface area contributed by atoms with E-state index in [0.717, 1.165) is 41.7 Å². The Balaban J connectivity index is 0.000000251. The van der Waals surface area contributed by atoms with E-state index in [-0.39, 0.29) is 6.04 Å². The average molecular weight is 517 g/mol. The second-order valence-corrected chi connectivity index (χ2v) is 9.45. The molecule has 5 rings (SSSR count). The molecule has 0 radical (unpaired) electrons. The van der Waals surface area contributed by atoms with Gasteiger partial charge in [0.15, 0.2) is 5.60 Å². The lowest BCUT2D eigenvalue weighted by molar-refractivity contribution is -0.170. The van der Waals surface area contributed by atoms with Gasteiger partial charge in [-0.05, 0) is 61.1 Å². The highest BCUT2D eigenvalue weighted by atomic mass is 16.5. The minimum Gasteiger partial charge on any atom is -0.497 e. The summed E-state index contributed by atoms with van der Waals surface area (Å²) in [5.74, 6) is -3.01. The quantitative estimate of drug-likeness (QED) is 0.308. The largest absolute Gasteiger partial charge is 0.497 e. The molecular weight excluding hydrogens is 484 g/mol. The van der Waals surface area contributed by atoms with Crippen molar-refractivity contribution in [2.24, 2.45) is 11.8 Å². The van der Waals surface area contributed by atoms with E-state index in [9.17, 15) is 19.5 Å². The van der Waals surface area contributed by atoms with Crippen molar-refractivity contribution < 1.29 is 44.7 Å². The molecule has 3 saturated heterocycles. The Morgan fingerprint density at radius 1 is 1.22 bits per heavy atom. The molecule has 37 heavy (non-hydrogen) atoms. The van der Waals surface area contributed by atoms with Gasteiger partial charge < -0.3 is 30.3 Å². The number of nitrogens with zero attached hydrogens (tertiary/aromatic N) is 2. The monoisotopic (exact) mass is 516 g/mol. The first-order valence-corrected chi connectivity index (χ1v) is 11.9. The molecule has 11 nitrogen and oxygen atoms in total. The summed E-state index contributed by atoms with van der Waals surface area (Å²) < 4.78 is 5.35. The van der Waals surface area contributed by atoms with Crippen LogP contribution in [0.25, 0.3) is 10.9 Å². The molecule has 5 N–H and O–H groups in total. The molecule has 4 heterocycles. The van der Waals surface area contributed by atoms with Gasteiger partial charge in [-0.1, -0.05) is 6.08 Å². The van der Waals surface area contributed by atoms with Crippen molar-refractivity contribution in [3.05, 3.63) is 48.7 Å². The first-order valence-electron chi connectivity index (χ1n) is 11.9. The van der Waals surface area contributed by atoms with Gasteiger partial charge in [0.1, 0.15) is 5.75 Å². The number of carboxylic acid groups (broad SMARTS) is 3. The zero-order chi connectivity index (χ0) is 27.3. The Labute approximate surface area is 213 Å². The Bertz CT molecular complexity index is 1150. The first kappa shape index (κ1) is 28.0. The van der Waals surface area contributed by atoms with Gasteiger partial charge >= 0.3 is 17.9 Å². The fourth-order valence-electron chi connectivity index (χ4n) is 5.16. The summed E-state index contributed by atoms with van der Waals surface area (Å²) in [5, 5.41) is 45.9. The molecule has 0 spiro atoms. The van der Waals surface area contributed by atoms with Gasteiger partial charge in [-0.2, -0.15) is 0 Å². The van der Waals surface area contributed by atoms with Gasteiger partial charge in [-0.25, -0.2) is 4.79 Å². The molecule has 0 aliphatic carbocycles. The van der Waals surface area contributed by atoms with E-state index in [1.165, 1.54) is 6.42 Å². The van der Waals surface area contributed by atoms with Gasteiger partial charge in [0.05, 0.1) is 31.6 Å². The predicted octanol–water partition coefficient (Wildman–Crippen LogP) is 1.92. The maximum Gasteiger partial charge on any atom is 0.336 e. The summed E-state index contributed by atoms with van der Waals surface area (Å²) in [6.07, 6.45) is 3.33. The minimum atomic E-state index is -2.74. The van der Waals surface area contributed by atoms with Crippen molar-refractivity contribution in [1.29, 1.82) is 0 Å². The number of carbonyl (C=O) groups is 3. The van der Waals surface area contributed by atoms with Gasteiger partial charge in [-0.15, -0.1) is 6.58 Å². The van der Waals surface area contributed by atoms with Crippen molar-refractivity contribution in [2.75, 3.05) is 20.2 Å². The maximum absolute atomic E-state index is 11.2. The number of piperidine rings is 3. The molecule has 1 aromatic heterocycles. The van der Waals surface area contributed by atoms with Gasteiger partial charge in [0.2, 0.25) is 0 Å². The molecule has 2 bridgehead atoms. The molecule has 4 unspecified atom stereocenters. The van der Waals surface area contributed by atoms with Crippen molar-refractivity contribution in [1.82, 2.24) is 9.88 Å². The number of methoxy groups -OCH3 is 1. The van der Waals surface area contributed by atoms with Crippen LogP contribution in [0.3, 0.4) is 0 Å². The highest BCUT2D eigenvalue weighted by Gasteiger charge is 2.42. The van der Waals surface area contributed by atoms with E-state index < -0.39 is 42.5 Å². The minimum absolute atomic E-state index is 0.178. The van der Waals surface area contributed by atoms with Crippen LogP contribution >= 0.6 is 0 Å². The van der Waals surface area contributed by atoms with Crippen LogP contribution in [-0.2, 0) is 14.4 Å².